The molecule has 104 valence electrons. The van der Waals surface area contributed by atoms with E-state index < -0.39 is 6.10 Å². The van der Waals surface area contributed by atoms with Gasteiger partial charge < -0.3 is 5.11 Å². The Morgan fingerprint density at radius 2 is 2.00 bits per heavy atom. The molecule has 2 atom stereocenters. The lowest BCUT2D eigenvalue weighted by atomic mass is 9.78. The lowest BCUT2D eigenvalue weighted by Gasteiger charge is -2.30. The summed E-state index contributed by atoms with van der Waals surface area (Å²) in [6.07, 6.45) is 2.39. The number of hydrogen-bond donors (Lipinski definition) is 1. The first-order chi connectivity index (χ1) is 9.65. The number of aliphatic hydroxyl groups excluding tert-OH is 1. The van der Waals surface area contributed by atoms with Crippen molar-refractivity contribution in [2.75, 3.05) is 0 Å². The zero-order valence-corrected chi connectivity index (χ0v) is 11.6. The van der Waals surface area contributed by atoms with Crippen LogP contribution in [0.15, 0.2) is 42.5 Å². The first kappa shape index (κ1) is 13.3. The second-order valence-electron chi connectivity index (χ2n) is 5.72. The highest BCUT2D eigenvalue weighted by atomic mass is 19.1. The molecule has 0 spiro atoms. The summed E-state index contributed by atoms with van der Waals surface area (Å²) in [6, 6.07) is 13.0. The van der Waals surface area contributed by atoms with Gasteiger partial charge in [0.25, 0.3) is 0 Å². The van der Waals surface area contributed by atoms with E-state index in [1.54, 1.807) is 6.07 Å². The molecule has 0 radical (unpaired) electrons. The number of benzene rings is 2. The monoisotopic (exact) mass is 270 g/mol. The molecule has 1 nitrogen and oxygen atoms in total. The minimum absolute atomic E-state index is 0.194. The minimum Gasteiger partial charge on any atom is -0.388 e. The molecule has 3 rings (SSSR count). The van der Waals surface area contributed by atoms with Crippen molar-refractivity contribution >= 4 is 0 Å². The molecular formula is C18H19FO. The van der Waals surface area contributed by atoms with Crippen molar-refractivity contribution in [2.24, 2.45) is 5.92 Å². The molecule has 0 aliphatic heterocycles. The fraction of sp³-hybridized carbons (Fsp3) is 0.333. The summed E-state index contributed by atoms with van der Waals surface area (Å²) in [6.45, 7) is 1.93. The summed E-state index contributed by atoms with van der Waals surface area (Å²) in [5, 5.41) is 10.6. The fourth-order valence-corrected chi connectivity index (χ4v) is 3.19. The van der Waals surface area contributed by atoms with Gasteiger partial charge in [0.2, 0.25) is 0 Å². The third kappa shape index (κ3) is 2.48. The van der Waals surface area contributed by atoms with E-state index in [-0.39, 0.29) is 11.7 Å². The average molecular weight is 270 g/mol. The van der Waals surface area contributed by atoms with Crippen molar-refractivity contribution in [3.05, 3.63) is 70.5 Å². The molecule has 2 heteroatoms. The standard InChI is InChI=1S/C18H19FO/c1-12-10-16(19)9-8-14(12)11-15-7-6-13-4-2-3-5-17(13)18(15)20/h2-5,8-10,15,18,20H,6-7,11H2,1H3. The van der Waals surface area contributed by atoms with E-state index in [9.17, 15) is 9.50 Å². The van der Waals surface area contributed by atoms with Crippen LogP contribution in [0.25, 0.3) is 0 Å². The van der Waals surface area contributed by atoms with Gasteiger partial charge in [-0.05, 0) is 66.5 Å². The van der Waals surface area contributed by atoms with Crippen LogP contribution >= 0.6 is 0 Å². The number of fused-ring (bicyclic) bond motifs is 1. The fourth-order valence-electron chi connectivity index (χ4n) is 3.19. The van der Waals surface area contributed by atoms with Gasteiger partial charge in [-0.3, -0.25) is 0 Å². The molecule has 0 amide bonds. The summed E-state index contributed by atoms with van der Waals surface area (Å²) < 4.78 is 13.2. The molecule has 0 saturated carbocycles. The van der Waals surface area contributed by atoms with Crippen LogP contribution in [0.5, 0.6) is 0 Å². The van der Waals surface area contributed by atoms with Crippen LogP contribution in [-0.2, 0) is 12.8 Å². The third-order valence-corrected chi connectivity index (χ3v) is 4.39. The van der Waals surface area contributed by atoms with Crippen LogP contribution < -0.4 is 0 Å². The maximum atomic E-state index is 13.2. The summed E-state index contributed by atoms with van der Waals surface area (Å²) in [7, 11) is 0. The quantitative estimate of drug-likeness (QED) is 0.875. The molecule has 1 aliphatic rings. The summed E-state index contributed by atoms with van der Waals surface area (Å²) in [4.78, 5) is 0. The second-order valence-corrected chi connectivity index (χ2v) is 5.72. The Balaban J connectivity index is 1.83. The van der Waals surface area contributed by atoms with E-state index in [2.05, 4.69) is 6.07 Å². The first-order valence-electron chi connectivity index (χ1n) is 7.16. The van der Waals surface area contributed by atoms with E-state index in [4.69, 9.17) is 0 Å². The summed E-state index contributed by atoms with van der Waals surface area (Å²) in [5.74, 6) is 0.0230. The van der Waals surface area contributed by atoms with Crippen LogP contribution in [0.1, 0.15) is 34.8 Å². The highest BCUT2D eigenvalue weighted by molar-refractivity contribution is 5.33. The van der Waals surface area contributed by atoms with E-state index in [1.807, 2.05) is 31.2 Å². The zero-order valence-electron chi connectivity index (χ0n) is 11.6. The summed E-state index contributed by atoms with van der Waals surface area (Å²) >= 11 is 0. The lowest BCUT2D eigenvalue weighted by Crippen LogP contribution is -2.22. The molecule has 2 unspecified atom stereocenters. The molecule has 1 N–H and O–H groups in total. The highest BCUT2D eigenvalue weighted by Gasteiger charge is 2.27. The van der Waals surface area contributed by atoms with Crippen LogP contribution in [0.3, 0.4) is 0 Å². The van der Waals surface area contributed by atoms with E-state index in [0.29, 0.717) is 0 Å². The molecule has 0 heterocycles. The lowest BCUT2D eigenvalue weighted by molar-refractivity contribution is 0.0936. The van der Waals surface area contributed by atoms with Gasteiger partial charge in [0.1, 0.15) is 5.82 Å². The van der Waals surface area contributed by atoms with E-state index >= 15 is 0 Å². The smallest absolute Gasteiger partial charge is 0.123 e. The topological polar surface area (TPSA) is 20.2 Å². The zero-order chi connectivity index (χ0) is 14.1. The molecule has 2 aromatic rings. The maximum Gasteiger partial charge on any atom is 0.123 e. The van der Waals surface area contributed by atoms with Crippen molar-refractivity contribution in [1.82, 2.24) is 0 Å². The Bertz CT molecular complexity index is 621. The summed E-state index contributed by atoms with van der Waals surface area (Å²) in [5.41, 5.74) is 4.42. The van der Waals surface area contributed by atoms with E-state index in [1.165, 1.54) is 11.6 Å². The average Bonchev–Trinajstić information content (AvgIpc) is 2.45. The predicted octanol–water partition coefficient (Wildman–Crippen LogP) is 3.97. The van der Waals surface area contributed by atoms with Gasteiger partial charge in [0.05, 0.1) is 6.10 Å². The largest absolute Gasteiger partial charge is 0.388 e. The number of halogens is 1. The molecule has 20 heavy (non-hydrogen) atoms. The highest BCUT2D eigenvalue weighted by Crippen LogP contribution is 2.36. The Kier molecular flexibility index (Phi) is 3.58. The normalized spacial score (nSPS) is 21.6. The molecule has 2 aromatic carbocycles. The Morgan fingerprint density at radius 3 is 2.80 bits per heavy atom. The Hall–Kier alpha value is -1.67. The second kappa shape index (κ2) is 5.37. The van der Waals surface area contributed by atoms with Gasteiger partial charge in [-0.2, -0.15) is 0 Å². The SMILES string of the molecule is Cc1cc(F)ccc1CC1CCc2ccccc2C1O. The van der Waals surface area contributed by atoms with Crippen molar-refractivity contribution in [3.8, 4) is 0 Å². The van der Waals surface area contributed by atoms with E-state index in [0.717, 1.165) is 36.0 Å². The van der Waals surface area contributed by atoms with Crippen LogP contribution in [-0.4, -0.2) is 5.11 Å². The third-order valence-electron chi connectivity index (χ3n) is 4.39. The first-order valence-corrected chi connectivity index (χ1v) is 7.16. The van der Waals surface area contributed by atoms with Gasteiger partial charge in [-0.25, -0.2) is 4.39 Å². The molecule has 1 aliphatic carbocycles. The van der Waals surface area contributed by atoms with Gasteiger partial charge in [-0.15, -0.1) is 0 Å². The van der Waals surface area contributed by atoms with Crippen molar-refractivity contribution < 1.29 is 9.50 Å². The number of hydrogen-bond acceptors (Lipinski definition) is 1. The van der Waals surface area contributed by atoms with Crippen molar-refractivity contribution in [3.63, 3.8) is 0 Å². The minimum atomic E-state index is -0.413. The van der Waals surface area contributed by atoms with Crippen molar-refractivity contribution in [2.45, 2.75) is 32.3 Å². The van der Waals surface area contributed by atoms with Gasteiger partial charge in [0.15, 0.2) is 0 Å². The predicted molar refractivity (Wildman–Crippen MR) is 78.1 cm³/mol. The molecule has 0 aromatic heterocycles. The number of aliphatic hydroxyl groups is 1. The molecule has 0 fully saturated rings. The number of rotatable bonds is 2. The van der Waals surface area contributed by atoms with Crippen LogP contribution in [0, 0.1) is 18.7 Å². The van der Waals surface area contributed by atoms with Crippen LogP contribution in [0.4, 0.5) is 4.39 Å². The van der Waals surface area contributed by atoms with Gasteiger partial charge >= 0.3 is 0 Å². The van der Waals surface area contributed by atoms with Crippen molar-refractivity contribution in [1.29, 1.82) is 0 Å². The molecular weight excluding hydrogens is 251 g/mol. The maximum absolute atomic E-state index is 13.2. The van der Waals surface area contributed by atoms with Gasteiger partial charge in [-0.1, -0.05) is 30.3 Å². The van der Waals surface area contributed by atoms with Crippen LogP contribution in [0.2, 0.25) is 0 Å². The molecule has 0 saturated heterocycles. The van der Waals surface area contributed by atoms with Gasteiger partial charge in [0, 0.05) is 0 Å². The Morgan fingerprint density at radius 1 is 1.20 bits per heavy atom. The Labute approximate surface area is 119 Å². The number of aryl methyl sites for hydroxylation is 2. The molecule has 0 bridgehead atoms.